The minimum Gasteiger partial charge on any atom is -0.399 e. The van der Waals surface area contributed by atoms with Gasteiger partial charge in [0.15, 0.2) is 0 Å². The van der Waals surface area contributed by atoms with Gasteiger partial charge < -0.3 is 10.2 Å². The second-order valence-electron chi connectivity index (χ2n) is 3.64. The standard InChI is InChI=1S/C12H12Cl2N2O3/c1-7(17)9(6-15-19-2)12(18)16-11-4-3-8(13)5-10(11)14/h3-6,9H,1-2H3,(H,16,18). The zero-order valence-electron chi connectivity index (χ0n) is 10.3. The Hall–Kier alpha value is -1.59. The van der Waals surface area contributed by atoms with Crippen LogP contribution in [0.25, 0.3) is 0 Å². The van der Waals surface area contributed by atoms with Gasteiger partial charge in [0.05, 0.1) is 16.9 Å². The van der Waals surface area contributed by atoms with Crippen LogP contribution < -0.4 is 5.32 Å². The number of rotatable bonds is 5. The molecule has 1 aromatic carbocycles. The molecule has 1 rings (SSSR count). The number of halogens is 2. The zero-order chi connectivity index (χ0) is 14.4. The summed E-state index contributed by atoms with van der Waals surface area (Å²) in [5.74, 6) is -1.94. The molecule has 5 nitrogen and oxygen atoms in total. The van der Waals surface area contributed by atoms with Crippen LogP contribution in [0.4, 0.5) is 5.69 Å². The van der Waals surface area contributed by atoms with E-state index in [1.807, 2.05) is 0 Å². The van der Waals surface area contributed by atoms with Gasteiger partial charge in [-0.1, -0.05) is 28.4 Å². The highest BCUT2D eigenvalue weighted by Gasteiger charge is 2.22. The van der Waals surface area contributed by atoms with Crippen LogP contribution in [0.2, 0.25) is 10.0 Å². The highest BCUT2D eigenvalue weighted by Crippen LogP contribution is 2.25. The summed E-state index contributed by atoms with van der Waals surface area (Å²) in [5, 5.41) is 6.70. The lowest BCUT2D eigenvalue weighted by Crippen LogP contribution is -2.29. The molecule has 0 saturated heterocycles. The van der Waals surface area contributed by atoms with Crippen molar-refractivity contribution in [2.24, 2.45) is 11.1 Å². The molecule has 1 amide bonds. The molecule has 1 N–H and O–H groups in total. The van der Waals surface area contributed by atoms with Crippen LogP contribution >= 0.6 is 23.2 Å². The van der Waals surface area contributed by atoms with Gasteiger partial charge in [-0.15, -0.1) is 0 Å². The van der Waals surface area contributed by atoms with Crippen LogP contribution in [-0.2, 0) is 14.4 Å². The van der Waals surface area contributed by atoms with Crippen molar-refractivity contribution in [2.75, 3.05) is 12.4 Å². The summed E-state index contributed by atoms with van der Waals surface area (Å²) < 4.78 is 0. The Morgan fingerprint density at radius 1 is 1.42 bits per heavy atom. The van der Waals surface area contributed by atoms with Gasteiger partial charge in [-0.2, -0.15) is 0 Å². The maximum atomic E-state index is 11.9. The van der Waals surface area contributed by atoms with E-state index in [4.69, 9.17) is 23.2 Å². The van der Waals surface area contributed by atoms with E-state index in [0.29, 0.717) is 10.7 Å². The van der Waals surface area contributed by atoms with Gasteiger partial charge in [0.1, 0.15) is 18.8 Å². The predicted molar refractivity (Wildman–Crippen MR) is 74.8 cm³/mol. The van der Waals surface area contributed by atoms with Gasteiger partial charge in [-0.05, 0) is 25.1 Å². The molecule has 0 fully saturated rings. The number of oxime groups is 1. The summed E-state index contributed by atoms with van der Waals surface area (Å²) in [6.45, 7) is 1.29. The topological polar surface area (TPSA) is 67.8 Å². The van der Waals surface area contributed by atoms with Crippen molar-refractivity contribution in [1.82, 2.24) is 0 Å². The van der Waals surface area contributed by atoms with Crippen LogP contribution in [0, 0.1) is 5.92 Å². The fourth-order valence-electron chi connectivity index (χ4n) is 1.28. The SMILES string of the molecule is CON=CC(C(C)=O)C(=O)Nc1ccc(Cl)cc1Cl. The number of benzene rings is 1. The van der Waals surface area contributed by atoms with E-state index in [-0.39, 0.29) is 10.8 Å². The first-order valence-electron chi connectivity index (χ1n) is 5.28. The number of carbonyl (C=O) groups excluding carboxylic acids is 2. The molecule has 102 valence electrons. The first-order chi connectivity index (χ1) is 8.95. The van der Waals surface area contributed by atoms with Crippen molar-refractivity contribution in [3.63, 3.8) is 0 Å². The lowest BCUT2D eigenvalue weighted by Gasteiger charge is -2.11. The van der Waals surface area contributed by atoms with Crippen molar-refractivity contribution in [1.29, 1.82) is 0 Å². The molecule has 1 unspecified atom stereocenters. The molecule has 0 aliphatic heterocycles. The van der Waals surface area contributed by atoms with Gasteiger partial charge in [0, 0.05) is 5.02 Å². The number of Topliss-reactive ketones (excluding diaryl/α,β-unsaturated/α-hetero) is 1. The van der Waals surface area contributed by atoms with Gasteiger partial charge in [-0.3, -0.25) is 9.59 Å². The third-order valence-electron chi connectivity index (χ3n) is 2.22. The molecule has 0 aliphatic carbocycles. The maximum Gasteiger partial charge on any atom is 0.240 e. The van der Waals surface area contributed by atoms with E-state index >= 15 is 0 Å². The Kier molecular flexibility index (Phi) is 5.79. The minimum atomic E-state index is -1.04. The molecule has 0 saturated carbocycles. The summed E-state index contributed by atoms with van der Waals surface area (Å²) in [7, 11) is 1.32. The first kappa shape index (κ1) is 15.5. The van der Waals surface area contributed by atoms with Crippen molar-refractivity contribution in [2.45, 2.75) is 6.92 Å². The Bertz CT molecular complexity index is 518. The van der Waals surface area contributed by atoms with Gasteiger partial charge in [-0.25, -0.2) is 0 Å². The van der Waals surface area contributed by atoms with E-state index < -0.39 is 11.8 Å². The molecule has 0 spiro atoms. The highest BCUT2D eigenvalue weighted by atomic mass is 35.5. The summed E-state index contributed by atoms with van der Waals surface area (Å²) >= 11 is 11.7. The molecule has 1 atom stereocenters. The van der Waals surface area contributed by atoms with Gasteiger partial charge >= 0.3 is 0 Å². The lowest BCUT2D eigenvalue weighted by atomic mass is 10.1. The molecule has 0 aliphatic rings. The largest absolute Gasteiger partial charge is 0.399 e. The number of carbonyl (C=O) groups is 2. The number of anilines is 1. The second-order valence-corrected chi connectivity index (χ2v) is 4.48. The molecule has 0 radical (unpaired) electrons. The van der Waals surface area contributed by atoms with E-state index in [2.05, 4.69) is 15.3 Å². The first-order valence-corrected chi connectivity index (χ1v) is 6.04. The number of hydrogen-bond acceptors (Lipinski definition) is 4. The second kappa shape index (κ2) is 7.11. The number of nitrogens with one attached hydrogen (secondary N) is 1. The third kappa shape index (κ3) is 4.54. The average Bonchev–Trinajstić information content (AvgIpc) is 2.33. The normalized spacial score (nSPS) is 12.2. The minimum absolute atomic E-state index is 0.284. The molecular weight excluding hydrogens is 291 g/mol. The van der Waals surface area contributed by atoms with E-state index in [1.54, 1.807) is 12.1 Å². The number of amides is 1. The van der Waals surface area contributed by atoms with Crippen molar-refractivity contribution in [3.05, 3.63) is 28.2 Å². The zero-order valence-corrected chi connectivity index (χ0v) is 11.8. The quantitative estimate of drug-likeness (QED) is 0.516. The molecule has 0 heterocycles. The van der Waals surface area contributed by atoms with Crippen molar-refractivity contribution >= 4 is 46.8 Å². The van der Waals surface area contributed by atoms with Crippen LogP contribution in [0.5, 0.6) is 0 Å². The Morgan fingerprint density at radius 3 is 2.63 bits per heavy atom. The van der Waals surface area contributed by atoms with Gasteiger partial charge in [0.25, 0.3) is 0 Å². The Balaban J connectivity index is 2.87. The molecule has 0 aromatic heterocycles. The molecular formula is C12H12Cl2N2O3. The maximum absolute atomic E-state index is 11.9. The smallest absolute Gasteiger partial charge is 0.240 e. The fraction of sp³-hybridized carbons (Fsp3) is 0.250. The van der Waals surface area contributed by atoms with E-state index in [1.165, 1.54) is 20.1 Å². The van der Waals surface area contributed by atoms with Crippen molar-refractivity contribution in [3.8, 4) is 0 Å². The van der Waals surface area contributed by atoms with E-state index in [9.17, 15) is 9.59 Å². The monoisotopic (exact) mass is 302 g/mol. The predicted octanol–water partition coefficient (Wildman–Crippen LogP) is 2.77. The highest BCUT2D eigenvalue weighted by molar-refractivity contribution is 6.37. The Labute approximate surface area is 120 Å². The summed E-state index contributed by atoms with van der Waals surface area (Å²) in [6, 6.07) is 4.62. The van der Waals surface area contributed by atoms with Crippen LogP contribution in [0.3, 0.4) is 0 Å². The molecule has 0 bridgehead atoms. The van der Waals surface area contributed by atoms with Crippen LogP contribution in [-0.4, -0.2) is 25.0 Å². The fourth-order valence-corrected chi connectivity index (χ4v) is 1.74. The molecule has 1 aromatic rings. The van der Waals surface area contributed by atoms with Gasteiger partial charge in [0.2, 0.25) is 5.91 Å². The number of ketones is 1. The van der Waals surface area contributed by atoms with E-state index in [0.717, 1.165) is 6.21 Å². The summed E-state index contributed by atoms with van der Waals surface area (Å²) in [4.78, 5) is 27.7. The van der Waals surface area contributed by atoms with Crippen LogP contribution in [0.15, 0.2) is 23.4 Å². The summed E-state index contributed by atoms with van der Waals surface area (Å²) in [5.41, 5.74) is 0.369. The Morgan fingerprint density at radius 2 is 2.11 bits per heavy atom. The van der Waals surface area contributed by atoms with Crippen molar-refractivity contribution < 1.29 is 14.4 Å². The molecule has 19 heavy (non-hydrogen) atoms. The van der Waals surface area contributed by atoms with Crippen LogP contribution in [0.1, 0.15) is 6.92 Å². The third-order valence-corrected chi connectivity index (χ3v) is 2.77. The number of hydrogen-bond donors (Lipinski definition) is 1. The lowest BCUT2D eigenvalue weighted by molar-refractivity contribution is -0.126. The number of nitrogens with zero attached hydrogens (tertiary/aromatic N) is 1. The summed E-state index contributed by atoms with van der Waals surface area (Å²) in [6.07, 6.45) is 1.13. The molecule has 7 heteroatoms. The average molecular weight is 303 g/mol.